The molecule has 25 heavy (non-hydrogen) atoms. The van der Waals surface area contributed by atoms with Crippen LogP contribution in [-0.4, -0.2) is 106 Å². The monoisotopic (exact) mass is 385 g/mol. The van der Waals surface area contributed by atoms with E-state index in [1.807, 2.05) is 0 Å². The van der Waals surface area contributed by atoms with Crippen molar-refractivity contribution in [1.82, 2.24) is 9.91 Å². The van der Waals surface area contributed by atoms with Crippen LogP contribution in [0.15, 0.2) is 5.29 Å². The SMILES string of the molecule is COCCCN(C(=O)N(CCCl)N=O)[C@@H]1O[C@H](CO)[C@H](O)[C@H](O)[C@H]1O. The van der Waals surface area contributed by atoms with Crippen molar-refractivity contribution in [2.24, 2.45) is 5.29 Å². The minimum absolute atomic E-state index is 0.00364. The summed E-state index contributed by atoms with van der Waals surface area (Å²) in [5.41, 5.74) is 0. The largest absolute Gasteiger partial charge is 0.394 e. The maximum atomic E-state index is 12.5. The molecule has 0 aromatic carbocycles. The highest BCUT2D eigenvalue weighted by atomic mass is 35.5. The van der Waals surface area contributed by atoms with Crippen molar-refractivity contribution in [2.45, 2.75) is 37.1 Å². The number of nitrogens with zero attached hydrogens (tertiary/aromatic N) is 3. The summed E-state index contributed by atoms with van der Waals surface area (Å²) in [6, 6.07) is -0.893. The van der Waals surface area contributed by atoms with Crippen LogP contribution in [0.25, 0.3) is 0 Å². The molecule has 0 radical (unpaired) electrons. The van der Waals surface area contributed by atoms with Crippen LogP contribution in [0, 0.1) is 4.91 Å². The summed E-state index contributed by atoms with van der Waals surface area (Å²) in [7, 11) is 1.47. The highest BCUT2D eigenvalue weighted by molar-refractivity contribution is 6.18. The van der Waals surface area contributed by atoms with Gasteiger partial charge in [-0.1, -0.05) is 0 Å². The number of carbonyl (C=O) groups excluding carboxylic acids is 1. The number of carbonyl (C=O) groups is 1. The first-order valence-corrected chi connectivity index (χ1v) is 8.23. The van der Waals surface area contributed by atoms with E-state index in [0.717, 1.165) is 4.90 Å². The molecule has 5 atom stereocenters. The molecule has 0 saturated carbocycles. The quantitative estimate of drug-likeness (QED) is 0.161. The second-order valence-corrected chi connectivity index (χ2v) is 5.81. The molecule has 4 N–H and O–H groups in total. The average Bonchev–Trinajstić information content (AvgIpc) is 2.62. The number of nitroso groups, excluding NO2 is 1. The minimum atomic E-state index is -1.66. The van der Waals surface area contributed by atoms with Crippen LogP contribution in [0.5, 0.6) is 0 Å². The number of hydrogen-bond donors (Lipinski definition) is 4. The molecule has 1 fully saturated rings. The number of amides is 2. The van der Waals surface area contributed by atoms with Gasteiger partial charge in [0.05, 0.1) is 18.4 Å². The molecule has 0 bridgehead atoms. The van der Waals surface area contributed by atoms with Gasteiger partial charge in [0, 0.05) is 26.1 Å². The maximum Gasteiger partial charge on any atom is 0.345 e. The van der Waals surface area contributed by atoms with Crippen LogP contribution in [0.4, 0.5) is 4.79 Å². The van der Waals surface area contributed by atoms with E-state index in [0.29, 0.717) is 11.4 Å². The normalized spacial score (nSPS) is 29.3. The summed E-state index contributed by atoms with van der Waals surface area (Å²) in [6.07, 6.45) is -7.13. The maximum absolute atomic E-state index is 12.5. The predicted molar refractivity (Wildman–Crippen MR) is 85.6 cm³/mol. The first-order valence-electron chi connectivity index (χ1n) is 7.69. The molecule has 1 rings (SSSR count). The number of rotatable bonds is 9. The molecular weight excluding hydrogens is 362 g/mol. The molecule has 0 unspecified atom stereocenters. The van der Waals surface area contributed by atoms with Crippen molar-refractivity contribution in [1.29, 1.82) is 0 Å². The Morgan fingerprint density at radius 3 is 2.44 bits per heavy atom. The van der Waals surface area contributed by atoms with Gasteiger partial charge in [0.25, 0.3) is 0 Å². The van der Waals surface area contributed by atoms with E-state index < -0.39 is 43.3 Å². The van der Waals surface area contributed by atoms with Crippen LogP contribution >= 0.6 is 11.6 Å². The highest BCUT2D eigenvalue weighted by Crippen LogP contribution is 2.25. The number of methoxy groups -OCH3 is 1. The van der Waals surface area contributed by atoms with Crippen molar-refractivity contribution in [2.75, 3.05) is 39.3 Å². The Kier molecular flexibility index (Phi) is 9.50. The van der Waals surface area contributed by atoms with E-state index in [-0.39, 0.29) is 25.6 Å². The average molecular weight is 386 g/mol. The smallest absolute Gasteiger partial charge is 0.345 e. The lowest BCUT2D eigenvalue weighted by atomic mass is 9.97. The Hall–Kier alpha value is -1.08. The Morgan fingerprint density at radius 1 is 1.24 bits per heavy atom. The number of ether oxygens (including phenoxy) is 2. The zero-order valence-corrected chi connectivity index (χ0v) is 14.5. The summed E-state index contributed by atoms with van der Waals surface area (Å²) in [5, 5.41) is 42.3. The third kappa shape index (κ3) is 5.45. The Balaban J connectivity index is 3.03. The lowest BCUT2D eigenvalue weighted by Crippen LogP contribution is -2.65. The minimum Gasteiger partial charge on any atom is -0.394 e. The third-order valence-corrected chi connectivity index (χ3v) is 3.95. The molecule has 1 heterocycles. The molecule has 146 valence electrons. The third-order valence-electron chi connectivity index (χ3n) is 3.78. The standard InChI is InChI=1S/C13H24ClN3O8/c1-24-6-2-4-16(13(22)17(15-23)5-3-14)12-11(21)10(20)9(19)8(7-18)25-12/h8-12,18-21H,2-7H2,1H3/t8-,9+,10+,11-,12-/m1/s1. The highest BCUT2D eigenvalue weighted by Gasteiger charge is 2.47. The molecule has 0 aromatic heterocycles. The van der Waals surface area contributed by atoms with E-state index in [9.17, 15) is 30.1 Å². The van der Waals surface area contributed by atoms with Gasteiger partial charge in [-0.05, 0) is 6.42 Å². The Labute approximate surface area is 149 Å². The van der Waals surface area contributed by atoms with Crippen LogP contribution in [0.3, 0.4) is 0 Å². The van der Waals surface area contributed by atoms with Crippen molar-refractivity contribution in [3.05, 3.63) is 4.91 Å². The fraction of sp³-hybridized carbons (Fsp3) is 0.923. The Morgan fingerprint density at radius 2 is 1.92 bits per heavy atom. The summed E-state index contributed by atoms with van der Waals surface area (Å²) < 4.78 is 10.3. The first kappa shape index (κ1) is 22.0. The van der Waals surface area contributed by atoms with E-state index in [2.05, 4.69) is 5.29 Å². The van der Waals surface area contributed by atoms with Crippen LogP contribution in [0.2, 0.25) is 0 Å². The second kappa shape index (κ2) is 10.8. The molecule has 0 aliphatic carbocycles. The molecule has 11 nitrogen and oxygen atoms in total. The van der Waals surface area contributed by atoms with Gasteiger partial charge < -0.3 is 29.9 Å². The van der Waals surface area contributed by atoms with Crippen LogP contribution in [-0.2, 0) is 9.47 Å². The van der Waals surface area contributed by atoms with Crippen molar-refractivity contribution in [3.8, 4) is 0 Å². The molecular formula is C13H24ClN3O8. The molecule has 1 saturated heterocycles. The van der Waals surface area contributed by atoms with Gasteiger partial charge in [0.15, 0.2) is 6.23 Å². The molecule has 0 aromatic rings. The first-order chi connectivity index (χ1) is 11.9. The van der Waals surface area contributed by atoms with E-state index in [4.69, 9.17) is 21.1 Å². The van der Waals surface area contributed by atoms with E-state index in [1.165, 1.54) is 7.11 Å². The second-order valence-electron chi connectivity index (χ2n) is 5.44. The van der Waals surface area contributed by atoms with Gasteiger partial charge in [-0.3, -0.25) is 4.90 Å². The van der Waals surface area contributed by atoms with E-state index >= 15 is 0 Å². The number of halogens is 1. The van der Waals surface area contributed by atoms with Crippen LogP contribution in [0.1, 0.15) is 6.42 Å². The van der Waals surface area contributed by atoms with Gasteiger partial charge in [-0.25, -0.2) is 4.79 Å². The van der Waals surface area contributed by atoms with Crippen molar-refractivity contribution < 1.29 is 34.7 Å². The zero-order valence-electron chi connectivity index (χ0n) is 13.8. The summed E-state index contributed by atoms with van der Waals surface area (Å²) in [5.74, 6) is -0.0436. The number of hydrogen-bond acceptors (Lipinski definition) is 9. The van der Waals surface area contributed by atoms with Gasteiger partial charge >= 0.3 is 6.03 Å². The Bertz CT molecular complexity index is 430. The lowest BCUT2D eigenvalue weighted by molar-refractivity contribution is -0.258. The number of alkyl halides is 1. The molecule has 2 amide bonds. The van der Waals surface area contributed by atoms with Crippen LogP contribution < -0.4 is 0 Å². The number of aliphatic hydroxyl groups is 4. The zero-order chi connectivity index (χ0) is 19.0. The number of urea groups is 1. The summed E-state index contributed by atoms with van der Waals surface area (Å²) in [4.78, 5) is 24.4. The van der Waals surface area contributed by atoms with E-state index in [1.54, 1.807) is 0 Å². The number of aliphatic hydroxyl groups excluding tert-OH is 4. The fourth-order valence-corrected chi connectivity index (χ4v) is 2.61. The lowest BCUT2D eigenvalue weighted by Gasteiger charge is -2.44. The van der Waals surface area contributed by atoms with Gasteiger partial charge in [0.2, 0.25) is 0 Å². The molecule has 1 aliphatic rings. The predicted octanol–water partition coefficient (Wildman–Crippen LogP) is -1.53. The van der Waals surface area contributed by atoms with Gasteiger partial charge in [0.1, 0.15) is 24.4 Å². The summed E-state index contributed by atoms with van der Waals surface area (Å²) >= 11 is 5.53. The molecule has 12 heteroatoms. The van der Waals surface area contributed by atoms with Gasteiger partial charge in [-0.2, -0.15) is 5.01 Å². The van der Waals surface area contributed by atoms with Crippen molar-refractivity contribution in [3.63, 3.8) is 0 Å². The fourth-order valence-electron chi connectivity index (χ4n) is 2.45. The topological polar surface area (TPSA) is 152 Å². The summed E-state index contributed by atoms with van der Waals surface area (Å²) in [6.45, 7) is -0.518. The van der Waals surface area contributed by atoms with Gasteiger partial charge in [-0.15, -0.1) is 16.5 Å². The molecule has 1 aliphatic heterocycles. The van der Waals surface area contributed by atoms with Crippen molar-refractivity contribution >= 4 is 17.6 Å². The molecule has 0 spiro atoms.